The molecule has 0 fully saturated rings. The second-order valence-corrected chi connectivity index (χ2v) is 6.12. The van der Waals surface area contributed by atoms with Gasteiger partial charge in [0.25, 0.3) is 0 Å². The molecule has 0 amide bonds. The number of nitrogen functional groups attached to an aromatic ring is 1. The fourth-order valence-electron chi connectivity index (χ4n) is 2.13. The Hall–Kier alpha value is -1.32. The van der Waals surface area contributed by atoms with E-state index in [1.807, 2.05) is 23.5 Å². The van der Waals surface area contributed by atoms with Gasteiger partial charge in [-0.2, -0.15) is 0 Å². The summed E-state index contributed by atoms with van der Waals surface area (Å²) in [4.78, 5) is 3.93. The normalized spacial score (nSPS) is 11.4. The van der Waals surface area contributed by atoms with Crippen molar-refractivity contribution < 1.29 is 0 Å². The molecule has 3 heteroatoms. The highest BCUT2D eigenvalue weighted by atomic mass is 32.1. The van der Waals surface area contributed by atoms with Gasteiger partial charge in [-0.25, -0.2) is 0 Å². The molecule has 0 radical (unpaired) electrons. The molecule has 2 N–H and O–H groups in total. The fraction of sp³-hybridized carbons (Fsp3) is 0.375. The number of nitrogens with two attached hydrogens (primary N) is 1. The van der Waals surface area contributed by atoms with Gasteiger partial charge in [0.15, 0.2) is 0 Å². The fourth-order valence-corrected chi connectivity index (χ4v) is 2.82. The zero-order valence-corrected chi connectivity index (χ0v) is 12.5. The van der Waals surface area contributed by atoms with E-state index < -0.39 is 0 Å². The Balaban J connectivity index is 1.98. The minimum absolute atomic E-state index is 0.527. The van der Waals surface area contributed by atoms with E-state index in [-0.39, 0.29) is 0 Å². The van der Waals surface area contributed by atoms with Crippen LogP contribution in [0.5, 0.6) is 0 Å². The molecule has 1 aromatic carbocycles. The molecule has 1 heterocycles. The zero-order valence-electron chi connectivity index (χ0n) is 11.7. The van der Waals surface area contributed by atoms with Gasteiger partial charge in [-0.3, -0.25) is 4.90 Å². The third kappa shape index (κ3) is 4.08. The van der Waals surface area contributed by atoms with Crippen molar-refractivity contribution in [3.8, 4) is 0 Å². The third-order valence-corrected chi connectivity index (χ3v) is 4.32. The van der Waals surface area contributed by atoms with E-state index in [0.717, 1.165) is 25.2 Å². The van der Waals surface area contributed by atoms with Gasteiger partial charge in [-0.1, -0.05) is 24.3 Å². The number of hydrogen-bond acceptors (Lipinski definition) is 3. The summed E-state index contributed by atoms with van der Waals surface area (Å²) in [7, 11) is 0. The van der Waals surface area contributed by atoms with Crippen LogP contribution in [0.1, 0.15) is 24.3 Å². The highest BCUT2D eigenvalue weighted by molar-refractivity contribution is 7.09. The van der Waals surface area contributed by atoms with Gasteiger partial charge in [0.1, 0.15) is 0 Å². The number of benzene rings is 1. The minimum Gasteiger partial charge on any atom is -0.398 e. The van der Waals surface area contributed by atoms with Crippen LogP contribution in [0.25, 0.3) is 0 Å². The molecule has 0 aliphatic heterocycles. The molecule has 0 aliphatic carbocycles. The Morgan fingerprint density at radius 2 is 1.95 bits per heavy atom. The number of rotatable bonds is 6. The Labute approximate surface area is 119 Å². The molecule has 2 rings (SSSR count). The molecule has 0 spiro atoms. The molecule has 0 bridgehead atoms. The van der Waals surface area contributed by atoms with Crippen LogP contribution in [-0.4, -0.2) is 17.5 Å². The third-order valence-electron chi connectivity index (χ3n) is 3.38. The molecule has 0 aliphatic rings. The lowest BCUT2D eigenvalue weighted by molar-refractivity contribution is 0.216. The van der Waals surface area contributed by atoms with Crippen LogP contribution in [-0.2, 0) is 13.0 Å². The van der Waals surface area contributed by atoms with E-state index in [4.69, 9.17) is 5.73 Å². The molecular formula is C16H22N2S. The van der Waals surface area contributed by atoms with E-state index >= 15 is 0 Å². The van der Waals surface area contributed by atoms with E-state index in [0.29, 0.717) is 6.04 Å². The van der Waals surface area contributed by atoms with Gasteiger partial charge in [-0.05, 0) is 43.3 Å². The van der Waals surface area contributed by atoms with Crippen molar-refractivity contribution in [3.63, 3.8) is 0 Å². The number of thiophene rings is 1. The predicted octanol–water partition coefficient (Wildman–Crippen LogP) is 3.78. The molecule has 2 nitrogen and oxygen atoms in total. The van der Waals surface area contributed by atoms with Crippen LogP contribution >= 0.6 is 11.3 Å². The molecular weight excluding hydrogens is 252 g/mol. The second kappa shape index (κ2) is 6.73. The first-order valence-electron chi connectivity index (χ1n) is 6.76. The van der Waals surface area contributed by atoms with Crippen molar-refractivity contribution in [2.75, 3.05) is 12.3 Å². The molecule has 0 saturated carbocycles. The Bertz CT molecular complexity index is 491. The van der Waals surface area contributed by atoms with Gasteiger partial charge in [-0.15, -0.1) is 11.3 Å². The molecule has 1 aromatic heterocycles. The Morgan fingerprint density at radius 1 is 1.16 bits per heavy atom. The van der Waals surface area contributed by atoms with Crippen molar-refractivity contribution >= 4 is 17.0 Å². The summed E-state index contributed by atoms with van der Waals surface area (Å²) in [6.45, 7) is 6.49. The molecule has 0 saturated heterocycles. The smallest absolute Gasteiger partial charge is 0.0359 e. The SMILES string of the molecule is CC(C)N(CCc1cccs1)Cc1ccccc1N. The van der Waals surface area contributed by atoms with Crippen LogP contribution in [0, 0.1) is 0 Å². The van der Waals surface area contributed by atoms with Gasteiger partial charge in [0.05, 0.1) is 0 Å². The summed E-state index contributed by atoms with van der Waals surface area (Å²) in [5.41, 5.74) is 8.15. The first-order chi connectivity index (χ1) is 9.16. The summed E-state index contributed by atoms with van der Waals surface area (Å²) >= 11 is 1.83. The highest BCUT2D eigenvalue weighted by Gasteiger charge is 2.11. The first-order valence-corrected chi connectivity index (χ1v) is 7.64. The second-order valence-electron chi connectivity index (χ2n) is 5.09. The lowest BCUT2D eigenvalue weighted by Gasteiger charge is -2.26. The van der Waals surface area contributed by atoms with E-state index in [9.17, 15) is 0 Å². The van der Waals surface area contributed by atoms with Crippen LogP contribution < -0.4 is 5.73 Å². The maximum absolute atomic E-state index is 6.04. The van der Waals surface area contributed by atoms with E-state index in [1.54, 1.807) is 0 Å². The summed E-state index contributed by atoms with van der Waals surface area (Å²) in [6, 6.07) is 13.0. The molecule has 2 aromatic rings. The number of para-hydroxylation sites is 1. The van der Waals surface area contributed by atoms with E-state index in [2.05, 4.69) is 48.4 Å². The minimum atomic E-state index is 0.527. The van der Waals surface area contributed by atoms with Crippen molar-refractivity contribution in [1.29, 1.82) is 0 Å². The van der Waals surface area contributed by atoms with Crippen molar-refractivity contribution in [2.24, 2.45) is 0 Å². The standard InChI is InChI=1S/C16H22N2S/c1-13(2)18(10-9-15-7-5-11-19-15)12-14-6-3-4-8-16(14)17/h3-8,11,13H,9-10,12,17H2,1-2H3. The largest absolute Gasteiger partial charge is 0.398 e. The zero-order chi connectivity index (χ0) is 13.7. The quantitative estimate of drug-likeness (QED) is 0.812. The van der Waals surface area contributed by atoms with Gasteiger partial charge in [0, 0.05) is 29.7 Å². The van der Waals surface area contributed by atoms with Crippen molar-refractivity contribution in [3.05, 3.63) is 52.2 Å². The maximum Gasteiger partial charge on any atom is 0.0359 e. The molecule has 0 atom stereocenters. The summed E-state index contributed by atoms with van der Waals surface area (Å²) in [5, 5.41) is 2.14. The van der Waals surface area contributed by atoms with Gasteiger partial charge >= 0.3 is 0 Å². The number of anilines is 1. The average Bonchev–Trinajstić information content (AvgIpc) is 2.89. The van der Waals surface area contributed by atoms with Crippen LogP contribution in [0.15, 0.2) is 41.8 Å². The molecule has 19 heavy (non-hydrogen) atoms. The predicted molar refractivity (Wildman–Crippen MR) is 84.4 cm³/mol. The average molecular weight is 274 g/mol. The lowest BCUT2D eigenvalue weighted by atomic mass is 10.1. The van der Waals surface area contributed by atoms with Crippen LogP contribution in [0.4, 0.5) is 5.69 Å². The number of nitrogens with zero attached hydrogens (tertiary/aromatic N) is 1. The first kappa shape index (κ1) is 14.1. The van der Waals surface area contributed by atoms with Gasteiger partial charge in [0.2, 0.25) is 0 Å². The lowest BCUT2D eigenvalue weighted by Crippen LogP contribution is -2.32. The highest BCUT2D eigenvalue weighted by Crippen LogP contribution is 2.17. The van der Waals surface area contributed by atoms with Crippen molar-refractivity contribution in [1.82, 2.24) is 4.90 Å². The van der Waals surface area contributed by atoms with E-state index in [1.165, 1.54) is 10.4 Å². The summed E-state index contributed by atoms with van der Waals surface area (Å²) < 4.78 is 0. The summed E-state index contributed by atoms with van der Waals surface area (Å²) in [6.07, 6.45) is 1.11. The van der Waals surface area contributed by atoms with Crippen molar-refractivity contribution in [2.45, 2.75) is 32.9 Å². The van der Waals surface area contributed by atoms with Crippen LogP contribution in [0.3, 0.4) is 0 Å². The Kier molecular flexibility index (Phi) is 5.00. The summed E-state index contributed by atoms with van der Waals surface area (Å²) in [5.74, 6) is 0. The Morgan fingerprint density at radius 3 is 2.58 bits per heavy atom. The topological polar surface area (TPSA) is 29.3 Å². The van der Waals surface area contributed by atoms with Gasteiger partial charge < -0.3 is 5.73 Å². The number of hydrogen-bond donors (Lipinski definition) is 1. The maximum atomic E-state index is 6.04. The van der Waals surface area contributed by atoms with Crippen LogP contribution in [0.2, 0.25) is 0 Å². The monoisotopic (exact) mass is 274 g/mol. The molecule has 102 valence electrons. The molecule has 0 unspecified atom stereocenters.